The first-order valence-corrected chi connectivity index (χ1v) is 8.13. The van der Waals surface area contributed by atoms with Gasteiger partial charge in [0.05, 0.1) is 6.04 Å². The number of carbonyl (C=O) groups is 1. The van der Waals surface area contributed by atoms with Crippen LogP contribution >= 0.6 is 22.9 Å². The van der Waals surface area contributed by atoms with Gasteiger partial charge in [-0.15, -0.1) is 22.9 Å². The number of benzene rings is 1. The molecule has 1 heterocycles. The Morgan fingerprint density at radius 1 is 1.30 bits per heavy atom. The lowest BCUT2D eigenvalue weighted by atomic mass is 9.94. The molecular weight excluding hydrogens is 290 g/mol. The number of thiophene rings is 1. The fourth-order valence-electron chi connectivity index (χ4n) is 2.65. The first-order valence-electron chi connectivity index (χ1n) is 6.81. The molecule has 2 aromatic rings. The van der Waals surface area contributed by atoms with Crippen molar-refractivity contribution in [3.05, 3.63) is 57.8 Å². The summed E-state index contributed by atoms with van der Waals surface area (Å²) < 4.78 is 0. The van der Waals surface area contributed by atoms with Crippen molar-refractivity contribution in [3.8, 4) is 0 Å². The lowest BCUT2D eigenvalue weighted by Gasteiger charge is -2.24. The maximum absolute atomic E-state index is 12.3. The standard InChI is InChI=1S/C16H16ClNOS/c17-15(11-5-2-1-3-6-11)16(19)18-13-7-4-8-14-12(13)9-10-20-14/h1-3,5-6,9-10,13,15H,4,7-8H2,(H,18,19). The van der Waals surface area contributed by atoms with E-state index in [1.807, 2.05) is 30.3 Å². The number of carbonyl (C=O) groups excluding carboxylic acids is 1. The van der Waals surface area contributed by atoms with Crippen LogP contribution in [-0.4, -0.2) is 5.91 Å². The summed E-state index contributed by atoms with van der Waals surface area (Å²) in [5, 5.41) is 4.57. The molecule has 2 unspecified atom stereocenters. The molecule has 1 aromatic heterocycles. The Balaban J connectivity index is 1.72. The van der Waals surface area contributed by atoms with Gasteiger partial charge in [0.2, 0.25) is 5.91 Å². The summed E-state index contributed by atoms with van der Waals surface area (Å²) in [5.74, 6) is -0.109. The number of amides is 1. The SMILES string of the molecule is O=C(NC1CCCc2sccc21)C(Cl)c1ccccc1. The smallest absolute Gasteiger partial charge is 0.243 e. The predicted molar refractivity (Wildman–Crippen MR) is 83.2 cm³/mol. The maximum atomic E-state index is 12.3. The summed E-state index contributed by atoms with van der Waals surface area (Å²) in [6.45, 7) is 0. The second-order valence-electron chi connectivity index (χ2n) is 5.03. The van der Waals surface area contributed by atoms with Crippen molar-refractivity contribution in [1.29, 1.82) is 0 Å². The first-order chi connectivity index (χ1) is 9.75. The minimum atomic E-state index is -0.625. The number of hydrogen-bond acceptors (Lipinski definition) is 2. The highest BCUT2D eigenvalue weighted by Gasteiger charge is 2.25. The molecule has 20 heavy (non-hydrogen) atoms. The normalized spacial score (nSPS) is 19.1. The molecule has 1 aromatic carbocycles. The summed E-state index contributed by atoms with van der Waals surface area (Å²) in [5.41, 5.74) is 2.11. The van der Waals surface area contributed by atoms with E-state index in [1.54, 1.807) is 11.3 Å². The summed E-state index contributed by atoms with van der Waals surface area (Å²) in [6.07, 6.45) is 3.24. The van der Waals surface area contributed by atoms with Gasteiger partial charge < -0.3 is 5.32 Å². The van der Waals surface area contributed by atoms with E-state index in [-0.39, 0.29) is 11.9 Å². The zero-order valence-corrected chi connectivity index (χ0v) is 12.6. The van der Waals surface area contributed by atoms with Crippen molar-refractivity contribution in [2.45, 2.75) is 30.7 Å². The number of aryl methyl sites for hydroxylation is 1. The number of fused-ring (bicyclic) bond motifs is 1. The van der Waals surface area contributed by atoms with Gasteiger partial charge in [0, 0.05) is 4.88 Å². The summed E-state index contributed by atoms with van der Waals surface area (Å²) >= 11 is 8.04. The van der Waals surface area contributed by atoms with Crippen LogP contribution in [0.4, 0.5) is 0 Å². The third kappa shape index (κ3) is 2.74. The average Bonchev–Trinajstić information content (AvgIpc) is 2.97. The summed E-state index contributed by atoms with van der Waals surface area (Å²) in [4.78, 5) is 13.7. The van der Waals surface area contributed by atoms with Crippen LogP contribution in [0, 0.1) is 0 Å². The zero-order valence-electron chi connectivity index (χ0n) is 11.0. The number of hydrogen-bond donors (Lipinski definition) is 1. The lowest BCUT2D eigenvalue weighted by molar-refractivity contribution is -0.121. The van der Waals surface area contributed by atoms with Gasteiger partial charge in [0.1, 0.15) is 5.38 Å². The van der Waals surface area contributed by atoms with Crippen LogP contribution in [0.3, 0.4) is 0 Å². The zero-order chi connectivity index (χ0) is 13.9. The highest BCUT2D eigenvalue weighted by atomic mass is 35.5. The second kappa shape index (κ2) is 5.98. The molecule has 4 heteroatoms. The van der Waals surface area contributed by atoms with Gasteiger partial charge in [-0.2, -0.15) is 0 Å². The Hall–Kier alpha value is -1.32. The van der Waals surface area contributed by atoms with E-state index in [1.165, 1.54) is 10.4 Å². The Morgan fingerprint density at radius 3 is 2.90 bits per heavy atom. The van der Waals surface area contributed by atoms with E-state index in [0.29, 0.717) is 0 Å². The predicted octanol–water partition coefficient (Wildman–Crippen LogP) is 4.22. The maximum Gasteiger partial charge on any atom is 0.243 e. The Labute approximate surface area is 127 Å². The molecule has 0 aliphatic heterocycles. The van der Waals surface area contributed by atoms with Crippen LogP contribution in [0.5, 0.6) is 0 Å². The van der Waals surface area contributed by atoms with E-state index < -0.39 is 5.38 Å². The van der Waals surface area contributed by atoms with E-state index in [4.69, 9.17) is 11.6 Å². The molecule has 1 N–H and O–H groups in total. The monoisotopic (exact) mass is 305 g/mol. The summed E-state index contributed by atoms with van der Waals surface area (Å²) in [7, 11) is 0. The van der Waals surface area contributed by atoms with Crippen LogP contribution in [0.1, 0.15) is 40.3 Å². The van der Waals surface area contributed by atoms with E-state index in [9.17, 15) is 4.79 Å². The number of alkyl halides is 1. The number of halogens is 1. The first kappa shape index (κ1) is 13.7. The van der Waals surface area contributed by atoms with Gasteiger partial charge in [0.15, 0.2) is 0 Å². The van der Waals surface area contributed by atoms with Crippen LogP contribution in [0.2, 0.25) is 0 Å². The molecule has 0 saturated heterocycles. The number of nitrogens with one attached hydrogen (secondary N) is 1. The molecule has 1 aliphatic carbocycles. The molecule has 0 radical (unpaired) electrons. The fourth-order valence-corrected chi connectivity index (χ4v) is 3.85. The molecule has 0 bridgehead atoms. The van der Waals surface area contributed by atoms with Crippen molar-refractivity contribution in [2.75, 3.05) is 0 Å². The highest BCUT2D eigenvalue weighted by Crippen LogP contribution is 2.34. The third-order valence-electron chi connectivity index (χ3n) is 3.69. The second-order valence-corrected chi connectivity index (χ2v) is 6.46. The van der Waals surface area contributed by atoms with Gasteiger partial charge in [-0.3, -0.25) is 4.79 Å². The van der Waals surface area contributed by atoms with Crippen LogP contribution in [0.15, 0.2) is 41.8 Å². The quantitative estimate of drug-likeness (QED) is 0.845. The molecule has 2 atom stereocenters. The molecule has 1 aliphatic rings. The van der Waals surface area contributed by atoms with Crippen LogP contribution in [-0.2, 0) is 11.2 Å². The average molecular weight is 306 g/mol. The van der Waals surface area contributed by atoms with Crippen molar-refractivity contribution < 1.29 is 4.79 Å². The van der Waals surface area contributed by atoms with Gasteiger partial charge in [-0.1, -0.05) is 30.3 Å². The van der Waals surface area contributed by atoms with Gasteiger partial charge in [0.25, 0.3) is 0 Å². The highest BCUT2D eigenvalue weighted by molar-refractivity contribution is 7.10. The van der Waals surface area contributed by atoms with Gasteiger partial charge in [-0.25, -0.2) is 0 Å². The molecular formula is C16H16ClNOS. The molecule has 3 rings (SSSR count). The molecule has 1 amide bonds. The molecule has 0 spiro atoms. The fraction of sp³-hybridized carbons (Fsp3) is 0.312. The van der Waals surface area contributed by atoms with Crippen molar-refractivity contribution in [2.24, 2.45) is 0 Å². The van der Waals surface area contributed by atoms with Crippen molar-refractivity contribution >= 4 is 28.8 Å². The number of rotatable bonds is 3. The Kier molecular flexibility index (Phi) is 4.08. The van der Waals surface area contributed by atoms with Crippen LogP contribution < -0.4 is 5.32 Å². The lowest BCUT2D eigenvalue weighted by Crippen LogP contribution is -2.32. The molecule has 0 fully saturated rings. The van der Waals surface area contributed by atoms with Gasteiger partial charge >= 0.3 is 0 Å². The molecule has 0 saturated carbocycles. The Bertz CT molecular complexity index is 596. The van der Waals surface area contributed by atoms with Gasteiger partial charge in [-0.05, 0) is 41.8 Å². The largest absolute Gasteiger partial charge is 0.348 e. The topological polar surface area (TPSA) is 29.1 Å². The summed E-state index contributed by atoms with van der Waals surface area (Å²) in [6, 6.07) is 11.7. The third-order valence-corrected chi connectivity index (χ3v) is 5.14. The van der Waals surface area contributed by atoms with Crippen LogP contribution in [0.25, 0.3) is 0 Å². The van der Waals surface area contributed by atoms with E-state index in [0.717, 1.165) is 24.8 Å². The van der Waals surface area contributed by atoms with E-state index in [2.05, 4.69) is 16.8 Å². The Morgan fingerprint density at radius 2 is 2.10 bits per heavy atom. The molecule has 2 nitrogen and oxygen atoms in total. The minimum absolute atomic E-state index is 0.109. The van der Waals surface area contributed by atoms with E-state index >= 15 is 0 Å². The van der Waals surface area contributed by atoms with Crippen molar-refractivity contribution in [1.82, 2.24) is 5.32 Å². The minimum Gasteiger partial charge on any atom is -0.348 e. The van der Waals surface area contributed by atoms with Crippen molar-refractivity contribution in [3.63, 3.8) is 0 Å². The molecule has 104 valence electrons.